The van der Waals surface area contributed by atoms with Gasteiger partial charge in [-0.15, -0.1) is 0 Å². The van der Waals surface area contributed by atoms with Gasteiger partial charge in [-0.3, -0.25) is 4.79 Å². The molecule has 3 rings (SSSR count). The minimum Gasteiger partial charge on any atom is -0.273 e. The molecule has 0 saturated carbocycles. The summed E-state index contributed by atoms with van der Waals surface area (Å²) in [6, 6.07) is 21.2. The Kier molecular flexibility index (Phi) is 4.69. The summed E-state index contributed by atoms with van der Waals surface area (Å²) >= 11 is 5.82. The normalized spacial score (nSPS) is 11.0. The molecule has 3 aromatic carbocycles. The third-order valence-corrected chi connectivity index (χ3v) is 3.75. The fraction of sp³-hybridized carbons (Fsp3) is 0.0526. The van der Waals surface area contributed by atoms with Gasteiger partial charge in [-0.05, 0) is 28.5 Å². The summed E-state index contributed by atoms with van der Waals surface area (Å²) in [5.41, 5.74) is 4.42. The standard InChI is InChI=1S/C19H15ClN2O/c20-17-10-8-14(9-11-17)12-19(23)22-21-13-16-6-3-5-15-4-1-2-7-18(15)16/h1-11,13H,12H2,(H,22,23)/b21-13+. The molecule has 0 unspecified atom stereocenters. The molecule has 0 saturated heterocycles. The van der Waals surface area contributed by atoms with Gasteiger partial charge in [0, 0.05) is 10.6 Å². The van der Waals surface area contributed by atoms with Crippen LogP contribution in [0.15, 0.2) is 71.8 Å². The van der Waals surface area contributed by atoms with Crippen molar-refractivity contribution in [3.63, 3.8) is 0 Å². The summed E-state index contributed by atoms with van der Waals surface area (Å²) in [6.07, 6.45) is 1.94. The number of carbonyl (C=O) groups is 1. The monoisotopic (exact) mass is 322 g/mol. The van der Waals surface area contributed by atoms with Gasteiger partial charge in [0.15, 0.2) is 0 Å². The van der Waals surface area contributed by atoms with E-state index in [9.17, 15) is 4.79 Å². The van der Waals surface area contributed by atoms with E-state index in [1.54, 1.807) is 18.3 Å². The summed E-state index contributed by atoms with van der Waals surface area (Å²) in [4.78, 5) is 11.9. The van der Waals surface area contributed by atoms with Crippen LogP contribution < -0.4 is 5.43 Å². The van der Waals surface area contributed by atoms with Crippen LogP contribution in [0.25, 0.3) is 10.8 Å². The second-order valence-electron chi connectivity index (χ2n) is 5.16. The van der Waals surface area contributed by atoms with Crippen LogP contribution in [0.5, 0.6) is 0 Å². The number of halogens is 1. The van der Waals surface area contributed by atoms with Gasteiger partial charge in [0.2, 0.25) is 5.91 Å². The fourth-order valence-electron chi connectivity index (χ4n) is 2.36. The minimum atomic E-state index is -0.163. The Morgan fingerprint density at radius 2 is 1.74 bits per heavy atom. The topological polar surface area (TPSA) is 41.5 Å². The number of benzene rings is 3. The van der Waals surface area contributed by atoms with Crippen molar-refractivity contribution in [2.75, 3.05) is 0 Å². The van der Waals surface area contributed by atoms with Crippen molar-refractivity contribution >= 4 is 34.5 Å². The van der Waals surface area contributed by atoms with Gasteiger partial charge in [-0.2, -0.15) is 5.10 Å². The van der Waals surface area contributed by atoms with Crippen LogP contribution in [0.1, 0.15) is 11.1 Å². The summed E-state index contributed by atoms with van der Waals surface area (Å²) in [5, 5.41) is 6.96. The Morgan fingerprint density at radius 3 is 2.57 bits per heavy atom. The maximum atomic E-state index is 11.9. The molecule has 0 aliphatic rings. The van der Waals surface area contributed by atoms with E-state index in [-0.39, 0.29) is 12.3 Å². The molecule has 0 aromatic heterocycles. The first-order valence-electron chi connectivity index (χ1n) is 7.26. The van der Waals surface area contributed by atoms with Gasteiger partial charge < -0.3 is 0 Å². The highest BCUT2D eigenvalue weighted by molar-refractivity contribution is 6.30. The first-order chi connectivity index (χ1) is 11.2. The van der Waals surface area contributed by atoms with Crippen molar-refractivity contribution < 1.29 is 4.79 Å². The lowest BCUT2D eigenvalue weighted by atomic mass is 10.1. The summed E-state index contributed by atoms with van der Waals surface area (Å²) in [7, 11) is 0. The summed E-state index contributed by atoms with van der Waals surface area (Å²) < 4.78 is 0. The number of hydrazone groups is 1. The zero-order valence-corrected chi connectivity index (χ0v) is 13.1. The maximum absolute atomic E-state index is 11.9. The zero-order valence-electron chi connectivity index (χ0n) is 12.4. The second-order valence-corrected chi connectivity index (χ2v) is 5.60. The van der Waals surface area contributed by atoms with Crippen molar-refractivity contribution in [2.45, 2.75) is 6.42 Å². The smallest absolute Gasteiger partial charge is 0.244 e. The molecular formula is C19H15ClN2O. The van der Waals surface area contributed by atoms with Gasteiger partial charge in [-0.1, -0.05) is 66.2 Å². The van der Waals surface area contributed by atoms with E-state index in [0.717, 1.165) is 21.9 Å². The highest BCUT2D eigenvalue weighted by Crippen LogP contribution is 2.16. The van der Waals surface area contributed by atoms with Crippen LogP contribution in [0.4, 0.5) is 0 Å². The first kappa shape index (κ1) is 15.3. The molecule has 0 fully saturated rings. The first-order valence-corrected chi connectivity index (χ1v) is 7.64. The molecule has 114 valence electrons. The number of nitrogens with one attached hydrogen (secondary N) is 1. The highest BCUT2D eigenvalue weighted by Gasteiger charge is 2.02. The van der Waals surface area contributed by atoms with Crippen LogP contribution in [0.2, 0.25) is 5.02 Å². The SMILES string of the molecule is O=C(Cc1ccc(Cl)cc1)N/N=C/c1cccc2ccccc12. The Labute approximate surface area is 139 Å². The van der Waals surface area contributed by atoms with E-state index in [1.807, 2.05) is 54.6 Å². The Hall–Kier alpha value is -2.65. The number of amides is 1. The van der Waals surface area contributed by atoms with E-state index >= 15 is 0 Å². The molecule has 0 radical (unpaired) electrons. The molecule has 1 amide bonds. The average Bonchev–Trinajstić information content (AvgIpc) is 2.57. The third-order valence-electron chi connectivity index (χ3n) is 3.49. The predicted molar refractivity (Wildman–Crippen MR) is 94.8 cm³/mol. The summed E-state index contributed by atoms with van der Waals surface area (Å²) in [5.74, 6) is -0.163. The lowest BCUT2D eigenvalue weighted by Crippen LogP contribution is -2.19. The molecule has 1 N–H and O–H groups in total. The molecular weight excluding hydrogens is 308 g/mol. The van der Waals surface area contributed by atoms with E-state index in [2.05, 4.69) is 10.5 Å². The number of nitrogens with zero attached hydrogens (tertiary/aromatic N) is 1. The van der Waals surface area contributed by atoms with Crippen molar-refractivity contribution in [1.82, 2.24) is 5.43 Å². The number of fused-ring (bicyclic) bond motifs is 1. The fourth-order valence-corrected chi connectivity index (χ4v) is 2.49. The number of rotatable bonds is 4. The van der Waals surface area contributed by atoms with Crippen LogP contribution in [-0.2, 0) is 11.2 Å². The van der Waals surface area contributed by atoms with E-state index in [4.69, 9.17) is 11.6 Å². The number of hydrogen-bond acceptors (Lipinski definition) is 2. The maximum Gasteiger partial charge on any atom is 0.244 e. The second kappa shape index (κ2) is 7.07. The summed E-state index contributed by atoms with van der Waals surface area (Å²) in [6.45, 7) is 0. The van der Waals surface area contributed by atoms with Crippen molar-refractivity contribution in [3.05, 3.63) is 82.9 Å². The van der Waals surface area contributed by atoms with Gasteiger partial charge in [-0.25, -0.2) is 5.43 Å². The molecule has 0 spiro atoms. The van der Waals surface area contributed by atoms with Gasteiger partial charge in [0.1, 0.15) is 0 Å². The van der Waals surface area contributed by atoms with Crippen LogP contribution in [-0.4, -0.2) is 12.1 Å². The molecule has 0 atom stereocenters. The lowest BCUT2D eigenvalue weighted by molar-refractivity contribution is -0.120. The minimum absolute atomic E-state index is 0.163. The molecule has 3 aromatic rings. The number of carbonyl (C=O) groups excluding carboxylic acids is 1. The van der Waals surface area contributed by atoms with Gasteiger partial charge in [0.25, 0.3) is 0 Å². The lowest BCUT2D eigenvalue weighted by Gasteiger charge is -2.02. The van der Waals surface area contributed by atoms with Gasteiger partial charge >= 0.3 is 0 Å². The molecule has 0 bridgehead atoms. The van der Waals surface area contributed by atoms with Crippen LogP contribution in [0, 0.1) is 0 Å². The van der Waals surface area contributed by atoms with E-state index in [0.29, 0.717) is 5.02 Å². The molecule has 3 nitrogen and oxygen atoms in total. The Morgan fingerprint density at radius 1 is 1.00 bits per heavy atom. The van der Waals surface area contributed by atoms with E-state index < -0.39 is 0 Å². The molecule has 0 heterocycles. The van der Waals surface area contributed by atoms with Crippen molar-refractivity contribution in [1.29, 1.82) is 0 Å². The van der Waals surface area contributed by atoms with Crippen LogP contribution in [0.3, 0.4) is 0 Å². The van der Waals surface area contributed by atoms with Crippen molar-refractivity contribution in [3.8, 4) is 0 Å². The number of hydrogen-bond donors (Lipinski definition) is 1. The Balaban J connectivity index is 1.66. The quantitative estimate of drug-likeness (QED) is 0.568. The molecule has 4 heteroatoms. The third kappa shape index (κ3) is 3.96. The zero-order chi connectivity index (χ0) is 16.1. The average molecular weight is 323 g/mol. The molecule has 23 heavy (non-hydrogen) atoms. The van der Waals surface area contributed by atoms with Crippen molar-refractivity contribution in [2.24, 2.45) is 5.10 Å². The predicted octanol–water partition coefficient (Wildman–Crippen LogP) is 4.19. The van der Waals surface area contributed by atoms with Crippen LogP contribution >= 0.6 is 11.6 Å². The van der Waals surface area contributed by atoms with Gasteiger partial charge in [0.05, 0.1) is 12.6 Å². The largest absolute Gasteiger partial charge is 0.273 e. The molecule has 0 aliphatic heterocycles. The van der Waals surface area contributed by atoms with E-state index in [1.165, 1.54) is 0 Å². The Bertz CT molecular complexity index is 851. The molecule has 0 aliphatic carbocycles. The highest BCUT2D eigenvalue weighted by atomic mass is 35.5.